The molecule has 0 fully saturated rings. The number of aryl methyl sites for hydroxylation is 1. The first-order valence-electron chi connectivity index (χ1n) is 6.09. The Morgan fingerprint density at radius 1 is 1.35 bits per heavy atom. The lowest BCUT2D eigenvalue weighted by Gasteiger charge is -2.11. The first-order valence-corrected chi connectivity index (χ1v) is 6.09. The fourth-order valence-electron chi connectivity index (χ4n) is 2.15. The number of fused-ring (bicyclic) bond motifs is 1. The molecule has 2 aromatic rings. The Balaban J connectivity index is 2.13. The number of nitrogens with zero attached hydrogens (tertiary/aromatic N) is 1. The second-order valence-corrected chi connectivity index (χ2v) is 4.58. The van der Waals surface area contributed by atoms with Gasteiger partial charge in [0, 0.05) is 43.3 Å². The van der Waals surface area contributed by atoms with Crippen LogP contribution in [0.4, 0.5) is 0 Å². The van der Waals surface area contributed by atoms with E-state index < -0.39 is 0 Å². The van der Waals surface area contributed by atoms with Gasteiger partial charge in [0.15, 0.2) is 0 Å². The van der Waals surface area contributed by atoms with Gasteiger partial charge in [-0.3, -0.25) is 0 Å². The summed E-state index contributed by atoms with van der Waals surface area (Å²) in [7, 11) is 2.07. The molecule has 3 nitrogen and oxygen atoms in total. The second-order valence-electron chi connectivity index (χ2n) is 4.58. The van der Waals surface area contributed by atoms with Gasteiger partial charge in [-0.2, -0.15) is 0 Å². The minimum absolute atomic E-state index is 0.240. The molecule has 1 aromatic heterocycles. The predicted molar refractivity (Wildman–Crippen MR) is 70.9 cm³/mol. The lowest BCUT2D eigenvalue weighted by atomic mass is 10.1. The van der Waals surface area contributed by atoms with Gasteiger partial charge in [-0.05, 0) is 25.0 Å². The van der Waals surface area contributed by atoms with E-state index in [1.807, 2.05) is 0 Å². The van der Waals surface area contributed by atoms with Crippen LogP contribution in [0.25, 0.3) is 10.9 Å². The lowest BCUT2D eigenvalue weighted by molar-refractivity contribution is 0.269. The molecule has 92 valence electrons. The molecule has 0 aliphatic rings. The fraction of sp³-hybridized carbons (Fsp3) is 0.429. The highest BCUT2D eigenvalue weighted by molar-refractivity contribution is 5.83. The molecule has 1 heterocycles. The van der Waals surface area contributed by atoms with Gasteiger partial charge in [-0.1, -0.05) is 18.2 Å². The summed E-state index contributed by atoms with van der Waals surface area (Å²) in [5.74, 6) is 0. The van der Waals surface area contributed by atoms with E-state index in [0.717, 1.165) is 13.0 Å². The Hall–Kier alpha value is -1.32. The number of hydrogen-bond donors (Lipinski definition) is 2. The van der Waals surface area contributed by atoms with Gasteiger partial charge in [0.05, 0.1) is 0 Å². The summed E-state index contributed by atoms with van der Waals surface area (Å²) >= 11 is 0. The van der Waals surface area contributed by atoms with Crippen LogP contribution in [-0.2, 0) is 13.6 Å². The SMILES string of the molecule is CC(CCO)NCc1cn(C)c2ccccc12. The number of benzene rings is 1. The lowest BCUT2D eigenvalue weighted by Crippen LogP contribution is -2.26. The van der Waals surface area contributed by atoms with Crippen molar-refractivity contribution in [2.75, 3.05) is 6.61 Å². The zero-order valence-electron chi connectivity index (χ0n) is 10.5. The minimum Gasteiger partial charge on any atom is -0.396 e. The fourth-order valence-corrected chi connectivity index (χ4v) is 2.15. The number of aliphatic hydroxyl groups is 1. The first-order chi connectivity index (χ1) is 8.22. The molecule has 0 amide bonds. The quantitative estimate of drug-likeness (QED) is 0.827. The molecule has 1 aromatic carbocycles. The van der Waals surface area contributed by atoms with Crippen molar-refractivity contribution in [3.63, 3.8) is 0 Å². The van der Waals surface area contributed by atoms with Crippen LogP contribution in [0, 0.1) is 0 Å². The average Bonchev–Trinajstić information content (AvgIpc) is 2.65. The Kier molecular flexibility index (Phi) is 3.82. The first kappa shape index (κ1) is 12.1. The van der Waals surface area contributed by atoms with E-state index in [1.54, 1.807) is 0 Å². The van der Waals surface area contributed by atoms with E-state index in [4.69, 9.17) is 5.11 Å². The second kappa shape index (κ2) is 5.34. The highest BCUT2D eigenvalue weighted by Gasteiger charge is 2.06. The third-order valence-electron chi connectivity index (χ3n) is 3.18. The summed E-state index contributed by atoms with van der Waals surface area (Å²) in [6.45, 7) is 3.19. The molecule has 0 saturated carbocycles. The van der Waals surface area contributed by atoms with Crippen molar-refractivity contribution in [1.29, 1.82) is 0 Å². The van der Waals surface area contributed by atoms with Gasteiger partial charge < -0.3 is 15.0 Å². The smallest absolute Gasteiger partial charge is 0.0481 e. The Morgan fingerprint density at radius 3 is 2.88 bits per heavy atom. The number of nitrogens with one attached hydrogen (secondary N) is 1. The summed E-state index contributed by atoms with van der Waals surface area (Å²) in [5, 5.41) is 13.6. The van der Waals surface area contributed by atoms with Crippen LogP contribution >= 0.6 is 0 Å². The van der Waals surface area contributed by atoms with Crippen molar-refractivity contribution in [2.24, 2.45) is 7.05 Å². The zero-order valence-corrected chi connectivity index (χ0v) is 10.5. The van der Waals surface area contributed by atoms with Crippen molar-refractivity contribution >= 4 is 10.9 Å². The normalized spacial score (nSPS) is 13.1. The van der Waals surface area contributed by atoms with Gasteiger partial charge in [0.1, 0.15) is 0 Å². The summed E-state index contributed by atoms with van der Waals surface area (Å²) in [4.78, 5) is 0. The molecule has 0 aliphatic heterocycles. The van der Waals surface area contributed by atoms with Crippen LogP contribution in [0.1, 0.15) is 18.9 Å². The van der Waals surface area contributed by atoms with Crippen molar-refractivity contribution < 1.29 is 5.11 Å². The van der Waals surface area contributed by atoms with E-state index in [1.165, 1.54) is 16.5 Å². The molecule has 1 atom stereocenters. The molecule has 2 N–H and O–H groups in total. The Morgan fingerprint density at radius 2 is 2.12 bits per heavy atom. The molecule has 0 aliphatic carbocycles. The van der Waals surface area contributed by atoms with Crippen LogP contribution in [0.3, 0.4) is 0 Å². The van der Waals surface area contributed by atoms with Crippen LogP contribution in [0.2, 0.25) is 0 Å². The van der Waals surface area contributed by atoms with Crippen LogP contribution < -0.4 is 5.32 Å². The molecule has 2 rings (SSSR count). The number of para-hydroxylation sites is 1. The van der Waals surface area contributed by atoms with E-state index in [2.05, 4.69) is 54.3 Å². The van der Waals surface area contributed by atoms with Crippen molar-refractivity contribution in [3.05, 3.63) is 36.0 Å². The number of aliphatic hydroxyl groups excluding tert-OH is 1. The summed E-state index contributed by atoms with van der Waals surface area (Å²) in [5.41, 5.74) is 2.58. The molecular weight excluding hydrogens is 212 g/mol. The topological polar surface area (TPSA) is 37.2 Å². The molecule has 17 heavy (non-hydrogen) atoms. The van der Waals surface area contributed by atoms with E-state index >= 15 is 0 Å². The maximum Gasteiger partial charge on any atom is 0.0481 e. The predicted octanol–water partition coefficient (Wildman–Crippen LogP) is 2.04. The summed E-state index contributed by atoms with van der Waals surface area (Å²) in [6, 6.07) is 8.77. The molecule has 0 radical (unpaired) electrons. The van der Waals surface area contributed by atoms with Crippen LogP contribution in [0.5, 0.6) is 0 Å². The van der Waals surface area contributed by atoms with Gasteiger partial charge in [0.25, 0.3) is 0 Å². The van der Waals surface area contributed by atoms with E-state index in [-0.39, 0.29) is 6.61 Å². The Labute approximate surface area is 102 Å². The third kappa shape index (κ3) is 2.68. The Bertz CT molecular complexity index is 490. The van der Waals surface area contributed by atoms with Crippen molar-refractivity contribution in [3.8, 4) is 0 Å². The monoisotopic (exact) mass is 232 g/mol. The van der Waals surface area contributed by atoms with Crippen LogP contribution in [0.15, 0.2) is 30.5 Å². The van der Waals surface area contributed by atoms with Crippen LogP contribution in [-0.4, -0.2) is 22.3 Å². The van der Waals surface area contributed by atoms with Crippen molar-refractivity contribution in [1.82, 2.24) is 9.88 Å². The van der Waals surface area contributed by atoms with Gasteiger partial charge in [0.2, 0.25) is 0 Å². The standard InChI is InChI=1S/C14H20N2O/c1-11(7-8-17)15-9-12-10-16(2)14-6-4-3-5-13(12)14/h3-6,10-11,15,17H,7-9H2,1-2H3. The molecule has 0 saturated heterocycles. The molecule has 1 unspecified atom stereocenters. The van der Waals surface area contributed by atoms with Gasteiger partial charge in [-0.25, -0.2) is 0 Å². The maximum absolute atomic E-state index is 8.87. The van der Waals surface area contributed by atoms with E-state index in [9.17, 15) is 0 Å². The van der Waals surface area contributed by atoms with Gasteiger partial charge >= 0.3 is 0 Å². The highest BCUT2D eigenvalue weighted by atomic mass is 16.3. The minimum atomic E-state index is 0.240. The zero-order chi connectivity index (χ0) is 12.3. The highest BCUT2D eigenvalue weighted by Crippen LogP contribution is 2.20. The van der Waals surface area contributed by atoms with Crippen molar-refractivity contribution in [2.45, 2.75) is 25.9 Å². The van der Waals surface area contributed by atoms with Gasteiger partial charge in [-0.15, -0.1) is 0 Å². The van der Waals surface area contributed by atoms with E-state index in [0.29, 0.717) is 6.04 Å². The number of aromatic nitrogens is 1. The summed E-state index contributed by atoms with van der Waals surface area (Å²) < 4.78 is 2.16. The molecule has 0 spiro atoms. The molecular formula is C14H20N2O. The molecule has 0 bridgehead atoms. The number of rotatable bonds is 5. The number of hydrogen-bond acceptors (Lipinski definition) is 2. The third-order valence-corrected chi connectivity index (χ3v) is 3.18. The summed E-state index contributed by atoms with van der Waals surface area (Å²) in [6.07, 6.45) is 2.97. The maximum atomic E-state index is 8.87. The largest absolute Gasteiger partial charge is 0.396 e. The molecule has 3 heteroatoms. The average molecular weight is 232 g/mol.